The van der Waals surface area contributed by atoms with E-state index in [-0.39, 0.29) is 5.95 Å². The van der Waals surface area contributed by atoms with Gasteiger partial charge in [0.25, 0.3) is 0 Å². The molecule has 0 atom stereocenters. The Labute approximate surface area is 77.6 Å². The second-order valence-corrected chi connectivity index (χ2v) is 2.96. The molecule has 1 aromatic heterocycles. The van der Waals surface area contributed by atoms with Crippen LogP contribution in [0.5, 0.6) is 0 Å². The summed E-state index contributed by atoms with van der Waals surface area (Å²) in [6, 6.07) is 0. The van der Waals surface area contributed by atoms with Gasteiger partial charge in [-0.3, -0.25) is 0 Å². The molecule has 0 aliphatic rings. The molecule has 0 aliphatic carbocycles. The van der Waals surface area contributed by atoms with Crippen LogP contribution in [-0.4, -0.2) is 15.2 Å². The zero-order valence-corrected chi connectivity index (χ0v) is 7.82. The summed E-state index contributed by atoms with van der Waals surface area (Å²) in [6.45, 7) is 2.15. The number of aryl methyl sites for hydroxylation is 1. The number of rotatable bonds is 4. The van der Waals surface area contributed by atoms with Gasteiger partial charge in [-0.15, -0.1) is 10.2 Å². The van der Waals surface area contributed by atoms with E-state index in [0.717, 1.165) is 18.5 Å². The second-order valence-electron chi connectivity index (χ2n) is 2.96. The molecule has 1 heterocycles. The molecule has 0 aliphatic heterocycles. The lowest BCUT2D eigenvalue weighted by Gasteiger charge is -2.02. The molecule has 0 aromatic carbocycles. The Morgan fingerprint density at radius 2 is 1.92 bits per heavy atom. The van der Waals surface area contributed by atoms with E-state index in [2.05, 4.69) is 22.1 Å². The molecule has 72 valence electrons. The van der Waals surface area contributed by atoms with E-state index in [1.54, 1.807) is 0 Å². The average Bonchev–Trinajstić information content (AvgIpc) is 2.11. The van der Waals surface area contributed by atoms with Crippen LogP contribution in [-0.2, 0) is 6.42 Å². The monoisotopic (exact) mass is 181 g/mol. The average molecular weight is 181 g/mol. The van der Waals surface area contributed by atoms with E-state index in [4.69, 9.17) is 11.5 Å². The minimum absolute atomic E-state index is 0.195. The minimum Gasteiger partial charge on any atom is -0.381 e. The first kappa shape index (κ1) is 9.70. The van der Waals surface area contributed by atoms with E-state index in [1.807, 2.05) is 0 Å². The van der Waals surface area contributed by atoms with Gasteiger partial charge in [-0.1, -0.05) is 19.8 Å². The van der Waals surface area contributed by atoms with Crippen molar-refractivity contribution in [1.82, 2.24) is 15.2 Å². The number of nitrogens with two attached hydrogens (primary N) is 2. The molecule has 0 fully saturated rings. The van der Waals surface area contributed by atoms with Gasteiger partial charge >= 0.3 is 0 Å². The fourth-order valence-electron chi connectivity index (χ4n) is 1.11. The highest BCUT2D eigenvalue weighted by Crippen LogP contribution is 2.09. The summed E-state index contributed by atoms with van der Waals surface area (Å²) in [5, 5.41) is 7.26. The summed E-state index contributed by atoms with van der Waals surface area (Å²) >= 11 is 0. The molecule has 4 N–H and O–H groups in total. The summed E-state index contributed by atoms with van der Waals surface area (Å²) in [5.74, 6) is 0.589. The van der Waals surface area contributed by atoms with Gasteiger partial charge in [-0.05, 0) is 12.8 Å². The minimum atomic E-state index is 0.195. The Balaban J connectivity index is 2.59. The van der Waals surface area contributed by atoms with Crippen molar-refractivity contribution in [2.24, 2.45) is 0 Å². The predicted molar refractivity (Wildman–Crippen MR) is 51.9 cm³/mol. The molecule has 0 amide bonds. The molecule has 0 unspecified atom stereocenters. The summed E-state index contributed by atoms with van der Waals surface area (Å²) in [4.78, 5) is 4.02. The number of unbranched alkanes of at least 4 members (excludes halogenated alkanes) is 2. The highest BCUT2D eigenvalue weighted by molar-refractivity contribution is 5.35. The standard InChI is InChI=1S/C8H15N5/c1-2-3-4-5-6-7(9)12-13-8(10)11-6/h2-5H2,1H3,(H2,9,12)(H2,10,11,13). The van der Waals surface area contributed by atoms with Crippen molar-refractivity contribution in [3.8, 4) is 0 Å². The third-order valence-corrected chi connectivity index (χ3v) is 1.82. The van der Waals surface area contributed by atoms with Crippen molar-refractivity contribution >= 4 is 11.8 Å². The molecule has 5 nitrogen and oxygen atoms in total. The fourth-order valence-corrected chi connectivity index (χ4v) is 1.11. The predicted octanol–water partition coefficient (Wildman–Crippen LogP) is 0.769. The highest BCUT2D eigenvalue weighted by Gasteiger charge is 2.03. The van der Waals surface area contributed by atoms with Crippen molar-refractivity contribution in [3.63, 3.8) is 0 Å². The Morgan fingerprint density at radius 3 is 2.62 bits per heavy atom. The highest BCUT2D eigenvalue weighted by atomic mass is 15.2. The van der Waals surface area contributed by atoms with Crippen LogP contribution in [0.3, 0.4) is 0 Å². The molecular weight excluding hydrogens is 166 g/mol. The summed E-state index contributed by atoms with van der Waals surface area (Å²) in [6.07, 6.45) is 4.25. The second kappa shape index (κ2) is 4.59. The van der Waals surface area contributed by atoms with E-state index in [1.165, 1.54) is 12.8 Å². The molecule has 13 heavy (non-hydrogen) atoms. The van der Waals surface area contributed by atoms with E-state index in [0.29, 0.717) is 5.82 Å². The summed E-state index contributed by atoms with van der Waals surface area (Å²) < 4.78 is 0. The summed E-state index contributed by atoms with van der Waals surface area (Å²) in [5.41, 5.74) is 11.7. The Morgan fingerprint density at radius 1 is 1.15 bits per heavy atom. The first-order chi connectivity index (χ1) is 6.24. The number of nitrogens with zero attached hydrogens (tertiary/aromatic N) is 3. The van der Waals surface area contributed by atoms with E-state index < -0.39 is 0 Å². The molecule has 1 rings (SSSR count). The first-order valence-electron chi connectivity index (χ1n) is 4.48. The molecule has 0 bridgehead atoms. The van der Waals surface area contributed by atoms with Gasteiger partial charge < -0.3 is 11.5 Å². The topological polar surface area (TPSA) is 90.7 Å². The van der Waals surface area contributed by atoms with Crippen molar-refractivity contribution in [3.05, 3.63) is 5.69 Å². The molecular formula is C8H15N5. The Kier molecular flexibility index (Phi) is 3.42. The van der Waals surface area contributed by atoms with Crippen LogP contribution in [0.1, 0.15) is 31.9 Å². The van der Waals surface area contributed by atoms with Crippen LogP contribution >= 0.6 is 0 Å². The molecule has 0 saturated heterocycles. The van der Waals surface area contributed by atoms with E-state index >= 15 is 0 Å². The molecule has 1 aromatic rings. The van der Waals surface area contributed by atoms with Crippen molar-refractivity contribution in [1.29, 1.82) is 0 Å². The van der Waals surface area contributed by atoms with Crippen molar-refractivity contribution in [2.45, 2.75) is 32.6 Å². The molecule has 0 spiro atoms. The van der Waals surface area contributed by atoms with Gasteiger partial charge in [0.05, 0.1) is 5.69 Å². The third kappa shape index (κ3) is 2.85. The van der Waals surface area contributed by atoms with Gasteiger partial charge in [0.2, 0.25) is 5.95 Å². The van der Waals surface area contributed by atoms with E-state index in [9.17, 15) is 0 Å². The van der Waals surface area contributed by atoms with Crippen LogP contribution in [0.25, 0.3) is 0 Å². The zero-order chi connectivity index (χ0) is 9.68. The number of hydrogen-bond donors (Lipinski definition) is 2. The van der Waals surface area contributed by atoms with Gasteiger partial charge in [0.15, 0.2) is 5.82 Å². The first-order valence-corrected chi connectivity index (χ1v) is 4.48. The van der Waals surface area contributed by atoms with Crippen LogP contribution in [0.15, 0.2) is 0 Å². The van der Waals surface area contributed by atoms with Crippen molar-refractivity contribution < 1.29 is 0 Å². The van der Waals surface area contributed by atoms with Crippen LogP contribution in [0.4, 0.5) is 11.8 Å². The zero-order valence-electron chi connectivity index (χ0n) is 7.82. The van der Waals surface area contributed by atoms with Gasteiger partial charge in [-0.25, -0.2) is 4.98 Å². The molecule has 0 radical (unpaired) electrons. The lowest BCUT2D eigenvalue weighted by molar-refractivity contribution is 0.704. The lowest BCUT2D eigenvalue weighted by Crippen LogP contribution is -2.07. The van der Waals surface area contributed by atoms with Crippen LogP contribution < -0.4 is 11.5 Å². The summed E-state index contributed by atoms with van der Waals surface area (Å²) in [7, 11) is 0. The quantitative estimate of drug-likeness (QED) is 0.669. The molecule has 5 heteroatoms. The largest absolute Gasteiger partial charge is 0.381 e. The Hall–Kier alpha value is -1.39. The number of anilines is 2. The number of nitrogen functional groups attached to an aromatic ring is 2. The van der Waals surface area contributed by atoms with Crippen molar-refractivity contribution in [2.75, 3.05) is 11.5 Å². The normalized spacial score (nSPS) is 10.2. The maximum Gasteiger partial charge on any atom is 0.240 e. The van der Waals surface area contributed by atoms with Crippen LogP contribution in [0.2, 0.25) is 0 Å². The van der Waals surface area contributed by atoms with Gasteiger partial charge in [0.1, 0.15) is 0 Å². The smallest absolute Gasteiger partial charge is 0.240 e. The Bertz CT molecular complexity index is 273. The lowest BCUT2D eigenvalue weighted by atomic mass is 10.1. The van der Waals surface area contributed by atoms with Gasteiger partial charge in [0, 0.05) is 0 Å². The number of hydrogen-bond acceptors (Lipinski definition) is 5. The SMILES string of the molecule is CCCCCc1nc(N)nnc1N. The number of aromatic nitrogens is 3. The maximum absolute atomic E-state index is 5.58. The van der Waals surface area contributed by atoms with Crippen LogP contribution in [0, 0.1) is 0 Å². The molecule has 0 saturated carbocycles. The fraction of sp³-hybridized carbons (Fsp3) is 0.625. The van der Waals surface area contributed by atoms with Gasteiger partial charge in [-0.2, -0.15) is 0 Å². The third-order valence-electron chi connectivity index (χ3n) is 1.82. The maximum atomic E-state index is 5.58.